The molecule has 1 aromatic rings. The Kier molecular flexibility index (Phi) is 3.25. The Hall–Kier alpha value is -1.10. The summed E-state index contributed by atoms with van der Waals surface area (Å²) in [4.78, 5) is 4.45. The lowest BCUT2D eigenvalue weighted by Crippen LogP contribution is -2.37. The lowest BCUT2D eigenvalue weighted by molar-refractivity contribution is -0.675. The molecule has 0 saturated carbocycles. The molecule has 0 unspecified atom stereocenters. The highest BCUT2D eigenvalue weighted by Gasteiger charge is 2.11. The largest absolute Gasteiger partial charge is 0.594 e. The van der Waals surface area contributed by atoms with Gasteiger partial charge in [0.15, 0.2) is 0 Å². The predicted molar refractivity (Wildman–Crippen MR) is 49.2 cm³/mol. The predicted octanol–water partition coefficient (Wildman–Crippen LogP) is 0.172. The summed E-state index contributed by atoms with van der Waals surface area (Å²) in [6, 6.07) is 0. The Morgan fingerprint density at radius 2 is 2.31 bits per heavy atom. The van der Waals surface area contributed by atoms with Crippen LogP contribution in [0, 0.1) is 12.1 Å². The maximum Gasteiger partial charge on any atom is 0.287 e. The van der Waals surface area contributed by atoms with Crippen LogP contribution in [0.25, 0.3) is 0 Å². The normalized spacial score (nSPS) is 10.3. The second-order valence-electron chi connectivity index (χ2n) is 2.67. The maximum atomic E-state index is 11.1. The number of anilines is 1. The van der Waals surface area contributed by atoms with Gasteiger partial charge in [0, 0.05) is 12.8 Å². The molecule has 0 atom stereocenters. The monoisotopic (exact) mass is 202 g/mol. The summed E-state index contributed by atoms with van der Waals surface area (Å²) in [5, 5.41) is 14.5. The molecule has 0 radical (unpaired) electrons. The van der Waals surface area contributed by atoms with Crippen LogP contribution in [0.2, 0.25) is 0 Å². The first-order valence-electron chi connectivity index (χ1n) is 3.94. The van der Waals surface area contributed by atoms with Crippen molar-refractivity contribution >= 4 is 17.5 Å². The first kappa shape index (κ1) is 9.98. The highest BCUT2D eigenvalue weighted by Crippen LogP contribution is 2.04. The second-order valence-corrected chi connectivity index (χ2v) is 3.05. The number of aromatic nitrogens is 3. The Morgan fingerprint density at radius 3 is 2.92 bits per heavy atom. The van der Waals surface area contributed by atoms with E-state index in [0.29, 0.717) is 28.5 Å². The van der Waals surface area contributed by atoms with E-state index in [2.05, 4.69) is 10.1 Å². The van der Waals surface area contributed by atoms with Crippen molar-refractivity contribution in [2.24, 2.45) is 0 Å². The summed E-state index contributed by atoms with van der Waals surface area (Å²) < 4.78 is 0. The number of hydrogen-bond donors (Lipinski definition) is 1. The van der Waals surface area contributed by atoms with Crippen LogP contribution in [-0.4, -0.2) is 16.0 Å². The zero-order valence-corrected chi connectivity index (χ0v) is 8.08. The Bertz CT molecular complexity index is 305. The molecular formula is C7H11ClN4O. The van der Waals surface area contributed by atoms with Crippen molar-refractivity contribution < 1.29 is 4.85 Å². The number of nitrogens with two attached hydrogens (primary N) is 1. The number of nitrogens with zero attached hydrogens (tertiary/aromatic N) is 3. The average Bonchev–Trinajstić information content (AvgIpc) is 2.09. The number of rotatable bonds is 3. The molecule has 2 N–H and O–H groups in total. The van der Waals surface area contributed by atoms with Crippen molar-refractivity contribution in [3.63, 3.8) is 0 Å². The Morgan fingerprint density at radius 1 is 1.62 bits per heavy atom. The standard InChI is InChI=1S/C7H11ClN4O/c1-5-6(3-2-4-8)10-7(9)11-12(5)13/h2-4H2,1H3,(H2,9,10,11). The van der Waals surface area contributed by atoms with Gasteiger partial charge < -0.3 is 10.9 Å². The number of halogens is 1. The van der Waals surface area contributed by atoms with Gasteiger partial charge in [0.25, 0.3) is 5.95 Å². The number of alkyl halides is 1. The van der Waals surface area contributed by atoms with E-state index in [0.717, 1.165) is 6.42 Å². The van der Waals surface area contributed by atoms with Crippen LogP contribution in [0.3, 0.4) is 0 Å². The van der Waals surface area contributed by atoms with Crippen LogP contribution >= 0.6 is 11.6 Å². The second kappa shape index (κ2) is 4.23. The van der Waals surface area contributed by atoms with Crippen molar-refractivity contribution in [2.75, 3.05) is 11.6 Å². The average molecular weight is 203 g/mol. The van der Waals surface area contributed by atoms with Crippen molar-refractivity contribution in [1.29, 1.82) is 0 Å². The molecule has 0 aromatic carbocycles. The molecule has 0 amide bonds. The summed E-state index contributed by atoms with van der Waals surface area (Å²) >= 11 is 5.52. The number of hydrogen-bond acceptors (Lipinski definition) is 4. The molecule has 5 nitrogen and oxygen atoms in total. The van der Waals surface area contributed by atoms with Crippen LogP contribution < -0.4 is 10.6 Å². The number of nitrogen functional groups attached to an aromatic ring is 1. The summed E-state index contributed by atoms with van der Waals surface area (Å²) in [6.45, 7) is 1.66. The SMILES string of the molecule is Cc1c(CCCCl)nc(N)n[n+]1[O-]. The van der Waals surface area contributed by atoms with Crippen molar-refractivity contribution in [3.8, 4) is 0 Å². The molecule has 0 saturated heterocycles. The lowest BCUT2D eigenvalue weighted by atomic mass is 10.2. The highest BCUT2D eigenvalue weighted by molar-refractivity contribution is 6.17. The van der Waals surface area contributed by atoms with Gasteiger partial charge in [-0.3, -0.25) is 0 Å². The van der Waals surface area contributed by atoms with Gasteiger partial charge in [-0.05, 0) is 17.7 Å². The smallest absolute Gasteiger partial charge is 0.287 e. The fourth-order valence-electron chi connectivity index (χ4n) is 0.991. The first-order valence-corrected chi connectivity index (χ1v) is 4.47. The van der Waals surface area contributed by atoms with Gasteiger partial charge >= 0.3 is 0 Å². The molecule has 0 aliphatic heterocycles. The Labute approximate surface area is 81.1 Å². The Balaban J connectivity index is 2.92. The molecule has 1 heterocycles. The quantitative estimate of drug-likeness (QED) is 0.431. The van der Waals surface area contributed by atoms with Crippen LogP contribution in [0.1, 0.15) is 17.8 Å². The van der Waals surface area contributed by atoms with Crippen LogP contribution in [-0.2, 0) is 6.42 Å². The summed E-state index contributed by atoms with van der Waals surface area (Å²) in [7, 11) is 0. The minimum absolute atomic E-state index is 0.00479. The molecule has 1 rings (SSSR count). The molecule has 0 fully saturated rings. The molecule has 0 aliphatic carbocycles. The van der Waals surface area contributed by atoms with E-state index in [9.17, 15) is 5.21 Å². The number of aryl methyl sites for hydroxylation is 1. The highest BCUT2D eigenvalue weighted by atomic mass is 35.5. The third-order valence-corrected chi connectivity index (χ3v) is 1.96. The van der Waals surface area contributed by atoms with Crippen molar-refractivity contribution in [2.45, 2.75) is 19.8 Å². The minimum atomic E-state index is 0.00479. The van der Waals surface area contributed by atoms with E-state index in [1.54, 1.807) is 6.92 Å². The van der Waals surface area contributed by atoms with Crippen molar-refractivity contribution in [1.82, 2.24) is 10.1 Å². The van der Waals surface area contributed by atoms with Gasteiger partial charge in [0.1, 0.15) is 5.69 Å². The molecule has 6 heteroatoms. The molecule has 1 aromatic heterocycles. The maximum absolute atomic E-state index is 11.1. The van der Waals surface area contributed by atoms with Crippen LogP contribution in [0.4, 0.5) is 5.95 Å². The molecule has 72 valence electrons. The van der Waals surface area contributed by atoms with Gasteiger partial charge in [-0.2, -0.15) is 0 Å². The molecule has 13 heavy (non-hydrogen) atoms. The van der Waals surface area contributed by atoms with Gasteiger partial charge in [0.2, 0.25) is 5.69 Å². The van der Waals surface area contributed by atoms with Gasteiger partial charge in [-0.25, -0.2) is 4.98 Å². The van der Waals surface area contributed by atoms with Crippen LogP contribution in [0.15, 0.2) is 0 Å². The lowest BCUT2D eigenvalue weighted by Gasteiger charge is -2.03. The van der Waals surface area contributed by atoms with E-state index in [-0.39, 0.29) is 5.95 Å². The summed E-state index contributed by atoms with van der Waals surface area (Å²) in [6.07, 6.45) is 1.43. The summed E-state index contributed by atoms with van der Waals surface area (Å²) in [5.74, 6) is 0.549. The van der Waals surface area contributed by atoms with E-state index >= 15 is 0 Å². The van der Waals surface area contributed by atoms with Gasteiger partial charge in [-0.15, -0.1) is 11.6 Å². The van der Waals surface area contributed by atoms with E-state index in [1.807, 2.05) is 0 Å². The van der Waals surface area contributed by atoms with Gasteiger partial charge in [0.05, 0.1) is 5.10 Å². The summed E-state index contributed by atoms with van der Waals surface area (Å²) in [5.41, 5.74) is 6.48. The van der Waals surface area contributed by atoms with E-state index < -0.39 is 0 Å². The van der Waals surface area contributed by atoms with E-state index in [1.165, 1.54) is 0 Å². The van der Waals surface area contributed by atoms with Crippen LogP contribution in [0.5, 0.6) is 0 Å². The fraction of sp³-hybridized carbons (Fsp3) is 0.571. The third-order valence-electron chi connectivity index (χ3n) is 1.69. The molecule has 0 aliphatic rings. The molecular weight excluding hydrogens is 192 g/mol. The van der Waals surface area contributed by atoms with E-state index in [4.69, 9.17) is 17.3 Å². The minimum Gasteiger partial charge on any atom is -0.594 e. The molecule has 0 spiro atoms. The topological polar surface area (TPSA) is 78.7 Å². The first-order chi connectivity index (χ1) is 6.15. The third kappa shape index (κ3) is 2.42. The zero-order valence-electron chi connectivity index (χ0n) is 7.33. The molecule has 0 bridgehead atoms. The van der Waals surface area contributed by atoms with Gasteiger partial charge in [-0.1, -0.05) is 0 Å². The zero-order chi connectivity index (χ0) is 9.84. The van der Waals surface area contributed by atoms with Crippen molar-refractivity contribution in [3.05, 3.63) is 16.6 Å². The fourth-order valence-corrected chi connectivity index (χ4v) is 1.12.